The van der Waals surface area contributed by atoms with Crippen LogP contribution in [0, 0.1) is 5.92 Å². The smallest absolute Gasteiger partial charge is 0.0834 e. The lowest BCUT2D eigenvalue weighted by molar-refractivity contribution is -0.0673. The Hall–Kier alpha value is -0.120. The van der Waals surface area contributed by atoms with Crippen molar-refractivity contribution in [2.75, 3.05) is 19.7 Å². The minimum absolute atomic E-state index is 0.115. The normalized spacial score (nSPS) is 38.8. The third-order valence-corrected chi connectivity index (χ3v) is 3.38. The number of aliphatic hydroxyl groups excluding tert-OH is 1. The van der Waals surface area contributed by atoms with Gasteiger partial charge in [-0.25, -0.2) is 0 Å². The first-order valence-electron chi connectivity index (χ1n) is 5.86. The number of nitrogens with one attached hydrogen (secondary N) is 1. The molecule has 3 nitrogen and oxygen atoms in total. The second-order valence-corrected chi connectivity index (χ2v) is 4.58. The van der Waals surface area contributed by atoms with E-state index >= 15 is 0 Å². The van der Waals surface area contributed by atoms with Gasteiger partial charge in [0.1, 0.15) is 0 Å². The SMILES string of the molecule is OC1CCCCC1OCC1CCNC1. The zero-order valence-electron chi connectivity index (χ0n) is 8.74. The number of rotatable bonds is 3. The molecule has 14 heavy (non-hydrogen) atoms. The molecule has 2 fully saturated rings. The van der Waals surface area contributed by atoms with Gasteiger partial charge in [-0.05, 0) is 31.7 Å². The van der Waals surface area contributed by atoms with Crippen molar-refractivity contribution in [3.63, 3.8) is 0 Å². The molecule has 0 bridgehead atoms. The van der Waals surface area contributed by atoms with Crippen LogP contribution in [-0.2, 0) is 4.74 Å². The van der Waals surface area contributed by atoms with E-state index in [4.69, 9.17) is 4.74 Å². The molecule has 0 radical (unpaired) electrons. The van der Waals surface area contributed by atoms with Crippen molar-refractivity contribution in [1.82, 2.24) is 5.32 Å². The highest BCUT2D eigenvalue weighted by molar-refractivity contribution is 4.77. The fourth-order valence-corrected chi connectivity index (χ4v) is 2.39. The molecular formula is C11H21NO2. The monoisotopic (exact) mass is 199 g/mol. The zero-order valence-corrected chi connectivity index (χ0v) is 8.74. The van der Waals surface area contributed by atoms with E-state index in [9.17, 15) is 5.11 Å². The summed E-state index contributed by atoms with van der Waals surface area (Å²) in [6.45, 7) is 3.04. The summed E-state index contributed by atoms with van der Waals surface area (Å²) < 4.78 is 5.79. The Morgan fingerprint density at radius 1 is 1.21 bits per heavy atom. The standard InChI is InChI=1S/C11H21NO2/c13-10-3-1-2-4-11(10)14-8-9-5-6-12-7-9/h9-13H,1-8H2. The second kappa shape index (κ2) is 5.10. The van der Waals surface area contributed by atoms with Gasteiger partial charge in [0, 0.05) is 6.54 Å². The molecule has 2 aliphatic rings. The van der Waals surface area contributed by atoms with Gasteiger partial charge >= 0.3 is 0 Å². The van der Waals surface area contributed by atoms with Crippen molar-refractivity contribution >= 4 is 0 Å². The van der Waals surface area contributed by atoms with Crippen molar-refractivity contribution in [2.24, 2.45) is 5.92 Å². The summed E-state index contributed by atoms with van der Waals surface area (Å²) in [6.07, 6.45) is 5.47. The van der Waals surface area contributed by atoms with E-state index in [0.29, 0.717) is 5.92 Å². The van der Waals surface area contributed by atoms with Crippen LogP contribution in [0.2, 0.25) is 0 Å². The number of hydrogen-bond acceptors (Lipinski definition) is 3. The fraction of sp³-hybridized carbons (Fsp3) is 1.00. The van der Waals surface area contributed by atoms with Gasteiger partial charge in [-0.3, -0.25) is 0 Å². The van der Waals surface area contributed by atoms with Crippen LogP contribution in [-0.4, -0.2) is 37.0 Å². The van der Waals surface area contributed by atoms with Crippen LogP contribution in [0.3, 0.4) is 0 Å². The molecule has 3 atom stereocenters. The molecule has 1 aliphatic heterocycles. The summed E-state index contributed by atoms with van der Waals surface area (Å²) in [4.78, 5) is 0. The van der Waals surface area contributed by atoms with E-state index in [1.165, 1.54) is 12.8 Å². The van der Waals surface area contributed by atoms with Gasteiger partial charge in [0.05, 0.1) is 18.8 Å². The summed E-state index contributed by atoms with van der Waals surface area (Å²) >= 11 is 0. The van der Waals surface area contributed by atoms with Crippen molar-refractivity contribution in [2.45, 2.75) is 44.3 Å². The molecule has 0 aromatic rings. The predicted molar refractivity (Wildman–Crippen MR) is 55.2 cm³/mol. The lowest BCUT2D eigenvalue weighted by Crippen LogP contribution is -2.33. The Morgan fingerprint density at radius 2 is 2.07 bits per heavy atom. The third kappa shape index (κ3) is 2.69. The maximum Gasteiger partial charge on any atom is 0.0834 e. The highest BCUT2D eigenvalue weighted by Crippen LogP contribution is 2.22. The molecule has 0 amide bonds. The van der Waals surface area contributed by atoms with E-state index < -0.39 is 0 Å². The number of ether oxygens (including phenoxy) is 1. The van der Waals surface area contributed by atoms with E-state index in [1.54, 1.807) is 0 Å². The third-order valence-electron chi connectivity index (χ3n) is 3.38. The zero-order chi connectivity index (χ0) is 9.80. The molecule has 0 aromatic carbocycles. The average Bonchev–Trinajstić information content (AvgIpc) is 2.69. The van der Waals surface area contributed by atoms with Crippen LogP contribution in [0.1, 0.15) is 32.1 Å². The molecule has 1 saturated heterocycles. The summed E-state index contributed by atoms with van der Waals surface area (Å²) in [5.41, 5.74) is 0. The largest absolute Gasteiger partial charge is 0.390 e. The Kier molecular flexibility index (Phi) is 3.79. The van der Waals surface area contributed by atoms with Crippen molar-refractivity contribution in [1.29, 1.82) is 0 Å². The van der Waals surface area contributed by atoms with Crippen molar-refractivity contribution in [3.05, 3.63) is 0 Å². The van der Waals surface area contributed by atoms with Crippen molar-refractivity contribution in [3.8, 4) is 0 Å². The molecule has 2 N–H and O–H groups in total. The van der Waals surface area contributed by atoms with Crippen LogP contribution in [0.15, 0.2) is 0 Å². The van der Waals surface area contributed by atoms with Gasteiger partial charge in [-0.1, -0.05) is 12.8 Å². The highest BCUT2D eigenvalue weighted by Gasteiger charge is 2.25. The van der Waals surface area contributed by atoms with Crippen LogP contribution in [0.4, 0.5) is 0 Å². The average molecular weight is 199 g/mol. The van der Waals surface area contributed by atoms with Gasteiger partial charge in [0.2, 0.25) is 0 Å². The van der Waals surface area contributed by atoms with Crippen LogP contribution >= 0.6 is 0 Å². The molecule has 82 valence electrons. The topological polar surface area (TPSA) is 41.5 Å². The number of hydrogen-bond donors (Lipinski definition) is 2. The van der Waals surface area contributed by atoms with Gasteiger partial charge in [0.15, 0.2) is 0 Å². The second-order valence-electron chi connectivity index (χ2n) is 4.58. The molecule has 1 aliphatic carbocycles. The minimum atomic E-state index is -0.210. The summed E-state index contributed by atoms with van der Waals surface area (Å²) in [5.74, 6) is 0.670. The first-order chi connectivity index (χ1) is 6.86. The highest BCUT2D eigenvalue weighted by atomic mass is 16.5. The van der Waals surface area contributed by atoms with Crippen molar-refractivity contribution < 1.29 is 9.84 Å². The lowest BCUT2D eigenvalue weighted by Gasteiger charge is -2.28. The maximum atomic E-state index is 9.70. The van der Waals surface area contributed by atoms with E-state index in [-0.39, 0.29) is 12.2 Å². The van der Waals surface area contributed by atoms with E-state index in [0.717, 1.165) is 39.0 Å². The molecule has 0 aromatic heterocycles. The Balaban J connectivity index is 1.67. The fourth-order valence-electron chi connectivity index (χ4n) is 2.39. The molecule has 1 heterocycles. The van der Waals surface area contributed by atoms with Gasteiger partial charge < -0.3 is 15.2 Å². The molecule has 2 rings (SSSR count). The van der Waals surface area contributed by atoms with Gasteiger partial charge in [-0.15, -0.1) is 0 Å². The Bertz CT molecular complexity index is 169. The molecule has 3 heteroatoms. The van der Waals surface area contributed by atoms with Crippen LogP contribution in [0.25, 0.3) is 0 Å². The van der Waals surface area contributed by atoms with E-state index in [1.807, 2.05) is 0 Å². The molecule has 3 unspecified atom stereocenters. The minimum Gasteiger partial charge on any atom is -0.390 e. The lowest BCUT2D eigenvalue weighted by atomic mass is 9.95. The predicted octanol–water partition coefficient (Wildman–Crippen LogP) is 0.916. The Labute approximate surface area is 85.8 Å². The Morgan fingerprint density at radius 3 is 2.79 bits per heavy atom. The quantitative estimate of drug-likeness (QED) is 0.710. The van der Waals surface area contributed by atoms with E-state index in [2.05, 4.69) is 5.32 Å². The molecule has 1 saturated carbocycles. The molecular weight excluding hydrogens is 178 g/mol. The van der Waals surface area contributed by atoms with Crippen LogP contribution < -0.4 is 5.32 Å². The number of aliphatic hydroxyl groups is 1. The van der Waals surface area contributed by atoms with Crippen LogP contribution in [0.5, 0.6) is 0 Å². The summed E-state index contributed by atoms with van der Waals surface area (Å²) in [7, 11) is 0. The van der Waals surface area contributed by atoms with Gasteiger partial charge in [-0.2, -0.15) is 0 Å². The van der Waals surface area contributed by atoms with Gasteiger partial charge in [0.25, 0.3) is 0 Å². The first kappa shape index (κ1) is 10.4. The molecule has 0 spiro atoms. The maximum absolute atomic E-state index is 9.70. The summed E-state index contributed by atoms with van der Waals surface area (Å²) in [5, 5.41) is 13.0. The summed E-state index contributed by atoms with van der Waals surface area (Å²) in [6, 6.07) is 0. The first-order valence-corrected chi connectivity index (χ1v) is 5.86.